The summed E-state index contributed by atoms with van der Waals surface area (Å²) >= 11 is 1.70. The molecule has 1 unspecified atom stereocenters. The van der Waals surface area contributed by atoms with Crippen LogP contribution in [-0.2, 0) is 12.3 Å². The molecule has 150 valence electrons. The van der Waals surface area contributed by atoms with Gasteiger partial charge in [-0.3, -0.25) is 4.79 Å². The van der Waals surface area contributed by atoms with Crippen molar-refractivity contribution in [1.29, 1.82) is 0 Å². The Morgan fingerprint density at radius 3 is 2.72 bits per heavy atom. The summed E-state index contributed by atoms with van der Waals surface area (Å²) in [4.78, 5) is 23.6. The number of aromatic nitrogens is 3. The van der Waals surface area contributed by atoms with Crippen molar-refractivity contribution in [3.8, 4) is 0 Å². The number of carbonyl (C=O) groups is 1. The highest BCUT2D eigenvalue weighted by molar-refractivity contribution is 7.98. The second-order valence-corrected chi connectivity index (χ2v) is 8.54. The maximum Gasteiger partial charge on any atom is 0.253 e. The summed E-state index contributed by atoms with van der Waals surface area (Å²) in [6, 6.07) is 14.0. The SMILES string of the molecule is Cc1nccn1CC1CCCN(C(=O)c2ccc(CSc3ccccn3)cc2)C1. The number of carbonyl (C=O) groups excluding carboxylic acids is 1. The average molecular weight is 407 g/mol. The van der Waals surface area contributed by atoms with E-state index in [-0.39, 0.29) is 5.91 Å². The summed E-state index contributed by atoms with van der Waals surface area (Å²) in [5.41, 5.74) is 1.97. The minimum absolute atomic E-state index is 0.140. The van der Waals surface area contributed by atoms with Crippen LogP contribution >= 0.6 is 11.8 Å². The molecular weight excluding hydrogens is 380 g/mol. The molecule has 1 saturated heterocycles. The monoisotopic (exact) mass is 406 g/mol. The number of hydrogen-bond donors (Lipinski definition) is 0. The van der Waals surface area contributed by atoms with E-state index in [2.05, 4.69) is 26.7 Å². The number of nitrogens with zero attached hydrogens (tertiary/aromatic N) is 4. The van der Waals surface area contributed by atoms with Crippen LogP contribution in [0.15, 0.2) is 66.1 Å². The number of aryl methyl sites for hydroxylation is 1. The Bertz CT molecular complexity index is 939. The normalized spacial score (nSPS) is 16.7. The molecule has 2 aromatic heterocycles. The first kappa shape index (κ1) is 19.7. The minimum Gasteiger partial charge on any atom is -0.338 e. The molecule has 1 aliphatic heterocycles. The first-order chi connectivity index (χ1) is 14.2. The fourth-order valence-corrected chi connectivity index (χ4v) is 4.61. The van der Waals surface area contributed by atoms with E-state index in [0.717, 1.165) is 54.6 Å². The van der Waals surface area contributed by atoms with Crippen LogP contribution in [0.2, 0.25) is 0 Å². The number of piperidine rings is 1. The van der Waals surface area contributed by atoms with Crippen molar-refractivity contribution in [2.45, 2.75) is 37.1 Å². The molecular formula is C23H26N4OS. The molecule has 3 heterocycles. The van der Waals surface area contributed by atoms with Crippen molar-refractivity contribution < 1.29 is 4.79 Å². The molecule has 6 heteroatoms. The third kappa shape index (κ3) is 5.07. The van der Waals surface area contributed by atoms with Gasteiger partial charge in [-0.25, -0.2) is 9.97 Å². The van der Waals surface area contributed by atoms with E-state index in [9.17, 15) is 4.79 Å². The first-order valence-electron chi connectivity index (χ1n) is 10.1. The fourth-order valence-electron chi connectivity index (χ4n) is 3.79. The van der Waals surface area contributed by atoms with Crippen LogP contribution < -0.4 is 0 Å². The van der Waals surface area contributed by atoms with Gasteiger partial charge in [-0.15, -0.1) is 11.8 Å². The lowest BCUT2D eigenvalue weighted by Gasteiger charge is -2.33. The standard InChI is InChI=1S/C23H26N4OS/c1-18-24-12-14-26(18)15-20-5-4-13-27(16-20)23(28)21-9-7-19(8-10-21)17-29-22-6-2-3-11-25-22/h2-3,6-12,14,20H,4-5,13,15-17H2,1H3. The Kier molecular flexibility index (Phi) is 6.30. The van der Waals surface area contributed by atoms with Gasteiger partial charge < -0.3 is 9.47 Å². The number of hydrogen-bond acceptors (Lipinski definition) is 4. The van der Waals surface area contributed by atoms with Crippen LogP contribution in [0, 0.1) is 12.8 Å². The number of rotatable bonds is 6. The molecule has 29 heavy (non-hydrogen) atoms. The summed E-state index contributed by atoms with van der Waals surface area (Å²) in [5.74, 6) is 2.50. The molecule has 4 rings (SSSR count). The molecule has 0 radical (unpaired) electrons. The van der Waals surface area contributed by atoms with Crippen LogP contribution in [0.1, 0.15) is 34.6 Å². The van der Waals surface area contributed by atoms with E-state index in [1.165, 1.54) is 5.56 Å². The summed E-state index contributed by atoms with van der Waals surface area (Å²) in [6.45, 7) is 4.61. The highest BCUT2D eigenvalue weighted by Gasteiger charge is 2.25. The van der Waals surface area contributed by atoms with Crippen LogP contribution in [0.4, 0.5) is 0 Å². The molecule has 0 spiro atoms. The molecule has 5 nitrogen and oxygen atoms in total. The molecule has 1 aliphatic rings. The third-order valence-electron chi connectivity index (χ3n) is 5.41. The van der Waals surface area contributed by atoms with Gasteiger partial charge in [0.2, 0.25) is 0 Å². The Hall–Kier alpha value is -2.60. The molecule has 3 aromatic rings. The van der Waals surface area contributed by atoms with Crippen molar-refractivity contribution in [3.05, 3.63) is 78.0 Å². The fraction of sp³-hybridized carbons (Fsp3) is 0.348. The quantitative estimate of drug-likeness (QED) is 0.568. The van der Waals surface area contributed by atoms with Crippen molar-refractivity contribution in [2.75, 3.05) is 13.1 Å². The predicted octanol–water partition coefficient (Wildman–Crippen LogP) is 4.43. The lowest BCUT2D eigenvalue weighted by Crippen LogP contribution is -2.41. The zero-order chi connectivity index (χ0) is 20.1. The molecule has 0 saturated carbocycles. The molecule has 1 aromatic carbocycles. The molecule has 0 N–H and O–H groups in total. The third-order valence-corrected chi connectivity index (χ3v) is 6.43. The van der Waals surface area contributed by atoms with E-state index < -0.39 is 0 Å². The Balaban J connectivity index is 1.34. The van der Waals surface area contributed by atoms with Gasteiger partial charge in [-0.2, -0.15) is 0 Å². The second kappa shape index (κ2) is 9.27. The van der Waals surface area contributed by atoms with Gasteiger partial charge >= 0.3 is 0 Å². The lowest BCUT2D eigenvalue weighted by atomic mass is 9.97. The molecule has 0 aliphatic carbocycles. The van der Waals surface area contributed by atoms with Gasteiger partial charge in [-0.05, 0) is 55.5 Å². The highest BCUT2D eigenvalue weighted by Crippen LogP contribution is 2.23. The summed E-state index contributed by atoms with van der Waals surface area (Å²) in [5, 5.41) is 1.01. The number of pyridine rings is 1. The Morgan fingerprint density at radius 2 is 2.00 bits per heavy atom. The van der Waals surface area contributed by atoms with Gasteiger partial charge in [0.1, 0.15) is 5.82 Å². The van der Waals surface area contributed by atoms with Gasteiger partial charge in [0.15, 0.2) is 0 Å². The van der Waals surface area contributed by atoms with E-state index in [0.29, 0.717) is 5.92 Å². The van der Waals surface area contributed by atoms with E-state index in [1.54, 1.807) is 11.8 Å². The molecule has 0 bridgehead atoms. The van der Waals surface area contributed by atoms with Crippen molar-refractivity contribution in [2.24, 2.45) is 5.92 Å². The Labute approximate surface area is 176 Å². The van der Waals surface area contributed by atoms with E-state index in [4.69, 9.17) is 0 Å². The topological polar surface area (TPSA) is 51.0 Å². The van der Waals surface area contributed by atoms with Gasteiger partial charge in [-0.1, -0.05) is 18.2 Å². The Morgan fingerprint density at radius 1 is 1.14 bits per heavy atom. The van der Waals surface area contributed by atoms with Crippen LogP contribution in [0.25, 0.3) is 0 Å². The summed E-state index contributed by atoms with van der Waals surface area (Å²) in [6.07, 6.45) is 7.89. The maximum absolute atomic E-state index is 13.0. The molecule has 1 atom stereocenters. The minimum atomic E-state index is 0.140. The largest absolute Gasteiger partial charge is 0.338 e. The highest BCUT2D eigenvalue weighted by atomic mass is 32.2. The van der Waals surface area contributed by atoms with Gasteiger partial charge in [0.25, 0.3) is 5.91 Å². The smallest absolute Gasteiger partial charge is 0.253 e. The van der Waals surface area contributed by atoms with Crippen molar-refractivity contribution in [1.82, 2.24) is 19.4 Å². The van der Waals surface area contributed by atoms with Crippen molar-refractivity contribution >= 4 is 17.7 Å². The number of thioether (sulfide) groups is 1. The van der Waals surface area contributed by atoms with Crippen molar-refractivity contribution in [3.63, 3.8) is 0 Å². The zero-order valence-corrected chi connectivity index (χ0v) is 17.5. The first-order valence-corrected chi connectivity index (χ1v) is 11.1. The van der Waals surface area contributed by atoms with E-state index in [1.807, 2.05) is 60.7 Å². The van der Waals surface area contributed by atoms with Crippen LogP contribution in [0.3, 0.4) is 0 Å². The second-order valence-electron chi connectivity index (χ2n) is 7.54. The number of amides is 1. The maximum atomic E-state index is 13.0. The summed E-state index contributed by atoms with van der Waals surface area (Å²) in [7, 11) is 0. The van der Waals surface area contributed by atoms with Gasteiger partial charge in [0.05, 0.1) is 5.03 Å². The molecule has 1 fully saturated rings. The number of benzene rings is 1. The van der Waals surface area contributed by atoms with E-state index >= 15 is 0 Å². The average Bonchev–Trinajstić information content (AvgIpc) is 3.17. The number of imidazole rings is 1. The number of likely N-dealkylation sites (tertiary alicyclic amines) is 1. The predicted molar refractivity (Wildman–Crippen MR) is 116 cm³/mol. The zero-order valence-electron chi connectivity index (χ0n) is 16.7. The van der Waals surface area contributed by atoms with Crippen LogP contribution in [-0.4, -0.2) is 38.4 Å². The molecule has 1 amide bonds. The van der Waals surface area contributed by atoms with Gasteiger partial charge in [0, 0.05) is 49.5 Å². The lowest BCUT2D eigenvalue weighted by molar-refractivity contribution is 0.0662. The van der Waals surface area contributed by atoms with Crippen LogP contribution in [0.5, 0.6) is 0 Å². The summed E-state index contributed by atoms with van der Waals surface area (Å²) < 4.78 is 2.19.